The zero-order valence-electron chi connectivity index (χ0n) is 11.9. The molecule has 1 heterocycles. The number of nitrogens with zero attached hydrogens (tertiary/aromatic N) is 1. The van der Waals surface area contributed by atoms with E-state index in [1.807, 2.05) is 18.2 Å². The Hall–Kier alpha value is -1.35. The average Bonchev–Trinajstić information content (AvgIpc) is 2.41. The Bertz CT molecular complexity index is 431. The number of Topliss-reactive ketones (excluding diaryl/α,β-unsaturated/α-hetero) is 1. The lowest BCUT2D eigenvalue weighted by Crippen LogP contribution is -2.40. The van der Waals surface area contributed by atoms with Crippen LogP contribution in [0.15, 0.2) is 24.3 Å². The van der Waals surface area contributed by atoms with Crippen LogP contribution in [0, 0.1) is 0 Å². The first-order chi connectivity index (χ1) is 9.20. The fraction of sp³-hybridized carbons (Fsp3) is 0.562. The first-order valence-electron chi connectivity index (χ1n) is 7.06. The van der Waals surface area contributed by atoms with E-state index in [9.17, 15) is 4.79 Å². The summed E-state index contributed by atoms with van der Waals surface area (Å²) < 4.78 is 5.41. The molecule has 1 saturated heterocycles. The molecule has 1 aromatic carbocycles. The third kappa shape index (κ3) is 3.80. The molecule has 104 valence electrons. The monoisotopic (exact) mass is 261 g/mol. The predicted molar refractivity (Wildman–Crippen MR) is 76.3 cm³/mol. The van der Waals surface area contributed by atoms with Gasteiger partial charge in [0.15, 0.2) is 0 Å². The number of piperidine rings is 1. The highest BCUT2D eigenvalue weighted by atomic mass is 16.5. The molecule has 1 unspecified atom stereocenters. The summed E-state index contributed by atoms with van der Waals surface area (Å²) in [5.41, 5.74) is 1.21. The van der Waals surface area contributed by atoms with E-state index in [-0.39, 0.29) is 5.78 Å². The molecule has 0 aromatic heterocycles. The first kappa shape index (κ1) is 14.1. The van der Waals surface area contributed by atoms with E-state index in [0.29, 0.717) is 12.5 Å². The Kier molecular flexibility index (Phi) is 4.97. The van der Waals surface area contributed by atoms with Gasteiger partial charge in [0.1, 0.15) is 11.5 Å². The van der Waals surface area contributed by atoms with E-state index >= 15 is 0 Å². The van der Waals surface area contributed by atoms with Crippen LogP contribution in [0.1, 0.15) is 38.2 Å². The number of methoxy groups -OCH3 is 1. The number of para-hydroxylation sites is 1. The van der Waals surface area contributed by atoms with E-state index in [0.717, 1.165) is 25.3 Å². The number of ether oxygens (including phenoxy) is 1. The molecule has 0 spiro atoms. The van der Waals surface area contributed by atoms with Gasteiger partial charge in [-0.15, -0.1) is 0 Å². The number of carbonyl (C=O) groups is 1. The summed E-state index contributed by atoms with van der Waals surface area (Å²) in [4.78, 5) is 13.8. The number of carbonyl (C=O) groups excluding carboxylic acids is 1. The lowest BCUT2D eigenvalue weighted by atomic mass is 9.97. The van der Waals surface area contributed by atoms with Gasteiger partial charge in [-0.05, 0) is 32.4 Å². The van der Waals surface area contributed by atoms with E-state index in [2.05, 4.69) is 11.0 Å². The first-order valence-corrected chi connectivity index (χ1v) is 7.06. The quantitative estimate of drug-likeness (QED) is 0.816. The van der Waals surface area contributed by atoms with Gasteiger partial charge < -0.3 is 4.74 Å². The molecule has 19 heavy (non-hydrogen) atoms. The van der Waals surface area contributed by atoms with E-state index in [4.69, 9.17) is 4.74 Å². The van der Waals surface area contributed by atoms with E-state index in [1.165, 1.54) is 18.4 Å². The molecule has 3 heteroatoms. The summed E-state index contributed by atoms with van der Waals surface area (Å²) in [6, 6.07) is 8.54. The maximum atomic E-state index is 11.4. The van der Waals surface area contributed by atoms with Crippen LogP contribution in [0.2, 0.25) is 0 Å². The van der Waals surface area contributed by atoms with Crippen molar-refractivity contribution in [3.63, 3.8) is 0 Å². The molecule has 1 aliphatic heterocycles. The molecule has 1 aromatic rings. The molecular formula is C16H23NO2. The lowest BCUT2D eigenvalue weighted by molar-refractivity contribution is -0.118. The third-order valence-electron chi connectivity index (χ3n) is 3.84. The molecule has 0 radical (unpaired) electrons. The SMILES string of the molecule is COc1ccccc1CN1CCCCC1CC(C)=O. The smallest absolute Gasteiger partial charge is 0.131 e. The van der Waals surface area contributed by atoms with Crippen LogP contribution in [-0.4, -0.2) is 30.4 Å². The average molecular weight is 261 g/mol. The maximum Gasteiger partial charge on any atom is 0.131 e. The van der Waals surface area contributed by atoms with Crippen molar-refractivity contribution in [3.05, 3.63) is 29.8 Å². The van der Waals surface area contributed by atoms with Gasteiger partial charge in [0.2, 0.25) is 0 Å². The van der Waals surface area contributed by atoms with Gasteiger partial charge >= 0.3 is 0 Å². The third-order valence-corrected chi connectivity index (χ3v) is 3.84. The van der Waals surface area contributed by atoms with Crippen LogP contribution < -0.4 is 4.74 Å². The fourth-order valence-electron chi connectivity index (χ4n) is 2.88. The largest absolute Gasteiger partial charge is 0.496 e. The highest BCUT2D eigenvalue weighted by Crippen LogP contribution is 2.25. The standard InChI is InChI=1S/C16H23NO2/c1-13(18)11-15-8-5-6-10-17(15)12-14-7-3-4-9-16(14)19-2/h3-4,7,9,15H,5-6,8,10-12H2,1-2H3. The minimum absolute atomic E-state index is 0.289. The van der Waals surface area contributed by atoms with Crippen molar-refractivity contribution in [1.29, 1.82) is 0 Å². The molecule has 1 aliphatic rings. The minimum Gasteiger partial charge on any atom is -0.496 e. The molecule has 0 bridgehead atoms. The van der Waals surface area contributed by atoms with Gasteiger partial charge in [-0.2, -0.15) is 0 Å². The Morgan fingerprint density at radius 2 is 2.16 bits per heavy atom. The molecule has 0 amide bonds. The van der Waals surface area contributed by atoms with E-state index in [1.54, 1.807) is 14.0 Å². The second-order valence-electron chi connectivity index (χ2n) is 5.34. The van der Waals surface area contributed by atoms with Crippen LogP contribution in [0.5, 0.6) is 5.75 Å². The van der Waals surface area contributed by atoms with Gasteiger partial charge in [-0.25, -0.2) is 0 Å². The van der Waals surface area contributed by atoms with Crippen molar-refractivity contribution in [2.24, 2.45) is 0 Å². The molecule has 2 rings (SSSR count). The van der Waals surface area contributed by atoms with E-state index < -0.39 is 0 Å². The molecule has 1 atom stereocenters. The zero-order valence-corrected chi connectivity index (χ0v) is 11.9. The Morgan fingerprint density at radius 3 is 2.89 bits per heavy atom. The summed E-state index contributed by atoms with van der Waals surface area (Å²) in [5.74, 6) is 1.23. The van der Waals surface area contributed by atoms with Crippen LogP contribution in [0.4, 0.5) is 0 Å². The molecule has 0 N–H and O–H groups in total. The van der Waals surface area contributed by atoms with Crippen LogP contribution in [0.3, 0.4) is 0 Å². The van der Waals surface area contributed by atoms with Crippen molar-refractivity contribution in [2.75, 3.05) is 13.7 Å². The van der Waals surface area contributed by atoms with Crippen molar-refractivity contribution in [2.45, 2.75) is 45.2 Å². The number of benzene rings is 1. The normalized spacial score (nSPS) is 20.2. The van der Waals surface area contributed by atoms with Crippen molar-refractivity contribution in [3.8, 4) is 5.75 Å². The summed E-state index contributed by atoms with van der Waals surface area (Å²) in [6.07, 6.45) is 4.27. The zero-order chi connectivity index (χ0) is 13.7. The molecule has 0 saturated carbocycles. The fourth-order valence-corrected chi connectivity index (χ4v) is 2.88. The summed E-state index contributed by atoms with van der Waals surface area (Å²) in [6.45, 7) is 3.65. The van der Waals surface area contributed by atoms with Gasteiger partial charge in [0, 0.05) is 24.6 Å². The second-order valence-corrected chi connectivity index (χ2v) is 5.34. The van der Waals surface area contributed by atoms with Crippen molar-refractivity contribution in [1.82, 2.24) is 4.90 Å². The van der Waals surface area contributed by atoms with Gasteiger partial charge in [-0.1, -0.05) is 24.6 Å². The van der Waals surface area contributed by atoms with Gasteiger partial charge in [-0.3, -0.25) is 9.69 Å². The number of ketones is 1. The summed E-state index contributed by atoms with van der Waals surface area (Å²) in [7, 11) is 1.71. The van der Waals surface area contributed by atoms with Crippen LogP contribution in [-0.2, 0) is 11.3 Å². The summed E-state index contributed by atoms with van der Waals surface area (Å²) in [5, 5.41) is 0. The minimum atomic E-state index is 0.289. The molecule has 1 fully saturated rings. The Labute approximate surface area is 115 Å². The second kappa shape index (κ2) is 6.71. The number of hydrogen-bond acceptors (Lipinski definition) is 3. The molecule has 0 aliphatic carbocycles. The lowest BCUT2D eigenvalue weighted by Gasteiger charge is -2.35. The molecule has 3 nitrogen and oxygen atoms in total. The highest BCUT2D eigenvalue weighted by Gasteiger charge is 2.24. The summed E-state index contributed by atoms with van der Waals surface area (Å²) >= 11 is 0. The van der Waals surface area contributed by atoms with Gasteiger partial charge in [0.25, 0.3) is 0 Å². The van der Waals surface area contributed by atoms with Gasteiger partial charge in [0.05, 0.1) is 7.11 Å². The number of likely N-dealkylation sites (tertiary alicyclic amines) is 1. The predicted octanol–water partition coefficient (Wildman–Crippen LogP) is 3.03. The molecular weight excluding hydrogens is 238 g/mol. The Balaban J connectivity index is 2.08. The Morgan fingerprint density at radius 1 is 1.37 bits per heavy atom. The van der Waals surface area contributed by atoms with Crippen LogP contribution in [0.25, 0.3) is 0 Å². The van der Waals surface area contributed by atoms with Crippen molar-refractivity contribution >= 4 is 5.78 Å². The number of rotatable bonds is 5. The van der Waals surface area contributed by atoms with Crippen molar-refractivity contribution < 1.29 is 9.53 Å². The highest BCUT2D eigenvalue weighted by molar-refractivity contribution is 5.76. The van der Waals surface area contributed by atoms with Crippen LogP contribution >= 0.6 is 0 Å². The maximum absolute atomic E-state index is 11.4. The number of hydrogen-bond donors (Lipinski definition) is 0. The topological polar surface area (TPSA) is 29.5 Å².